The maximum absolute atomic E-state index is 12.5. The van der Waals surface area contributed by atoms with Crippen LogP contribution in [0.4, 0.5) is 0 Å². The molecule has 1 N–H and O–H groups in total. The summed E-state index contributed by atoms with van der Waals surface area (Å²) in [6.45, 7) is 5.72. The normalized spacial score (nSPS) is 14.4. The van der Waals surface area contributed by atoms with Crippen molar-refractivity contribution < 1.29 is 14.3 Å². The molecule has 1 aliphatic heterocycles. The van der Waals surface area contributed by atoms with Gasteiger partial charge in [-0.1, -0.05) is 0 Å². The molecule has 1 amide bonds. The molecule has 6 nitrogen and oxygen atoms in total. The van der Waals surface area contributed by atoms with Crippen molar-refractivity contribution in [2.24, 2.45) is 0 Å². The highest BCUT2D eigenvalue weighted by Crippen LogP contribution is 2.34. The molecule has 0 atom stereocenters. The van der Waals surface area contributed by atoms with Crippen molar-refractivity contribution in [2.75, 3.05) is 40.4 Å². The van der Waals surface area contributed by atoms with Gasteiger partial charge in [0, 0.05) is 18.7 Å². The Balaban J connectivity index is 1.69. The van der Waals surface area contributed by atoms with Gasteiger partial charge in [0.2, 0.25) is 0 Å². The number of rotatable bonds is 7. The SMILES string of the molecule is COc1ccc(-c2nc(C)c(C(=O)NCCN3CCCC3)s2)cc1OC. The molecule has 2 aromatic rings. The molecule has 7 heteroatoms. The van der Waals surface area contributed by atoms with Crippen LogP contribution in [-0.2, 0) is 0 Å². The first kappa shape index (κ1) is 18.7. The molecule has 0 saturated carbocycles. The summed E-state index contributed by atoms with van der Waals surface area (Å²) >= 11 is 1.40. The Morgan fingerprint density at radius 3 is 2.65 bits per heavy atom. The Morgan fingerprint density at radius 1 is 1.23 bits per heavy atom. The van der Waals surface area contributed by atoms with Crippen molar-refractivity contribution in [3.8, 4) is 22.1 Å². The number of carbonyl (C=O) groups excluding carboxylic acids is 1. The Morgan fingerprint density at radius 2 is 1.96 bits per heavy atom. The van der Waals surface area contributed by atoms with E-state index in [-0.39, 0.29) is 5.91 Å². The number of amides is 1. The van der Waals surface area contributed by atoms with Gasteiger partial charge in [0.05, 0.1) is 19.9 Å². The Hall–Kier alpha value is -2.12. The van der Waals surface area contributed by atoms with E-state index in [9.17, 15) is 4.79 Å². The number of aromatic nitrogens is 1. The van der Waals surface area contributed by atoms with Crippen molar-refractivity contribution in [3.05, 3.63) is 28.8 Å². The summed E-state index contributed by atoms with van der Waals surface area (Å²) in [6.07, 6.45) is 2.52. The minimum atomic E-state index is -0.0501. The van der Waals surface area contributed by atoms with E-state index < -0.39 is 0 Å². The predicted molar refractivity (Wildman–Crippen MR) is 103 cm³/mol. The zero-order valence-electron chi connectivity index (χ0n) is 15.5. The third kappa shape index (κ3) is 4.16. The van der Waals surface area contributed by atoms with Gasteiger partial charge in [0.15, 0.2) is 11.5 Å². The van der Waals surface area contributed by atoms with Crippen LogP contribution in [0.15, 0.2) is 18.2 Å². The van der Waals surface area contributed by atoms with Crippen LogP contribution < -0.4 is 14.8 Å². The van der Waals surface area contributed by atoms with E-state index >= 15 is 0 Å². The second-order valence-electron chi connectivity index (χ2n) is 6.31. The summed E-state index contributed by atoms with van der Waals surface area (Å²) < 4.78 is 10.6. The number of nitrogens with one attached hydrogen (secondary N) is 1. The predicted octanol–water partition coefficient (Wildman–Crippen LogP) is 2.96. The Labute approximate surface area is 158 Å². The van der Waals surface area contributed by atoms with Crippen LogP contribution in [-0.4, -0.2) is 56.2 Å². The molecule has 3 rings (SSSR count). The van der Waals surface area contributed by atoms with E-state index in [1.54, 1.807) is 14.2 Å². The van der Waals surface area contributed by atoms with Gasteiger partial charge in [-0.25, -0.2) is 4.98 Å². The van der Waals surface area contributed by atoms with Gasteiger partial charge in [0.25, 0.3) is 5.91 Å². The Bertz CT molecular complexity index is 769. The lowest BCUT2D eigenvalue weighted by Gasteiger charge is -2.14. The van der Waals surface area contributed by atoms with Gasteiger partial charge in [0.1, 0.15) is 9.88 Å². The lowest BCUT2D eigenvalue weighted by Crippen LogP contribution is -2.33. The second kappa shape index (κ2) is 8.51. The summed E-state index contributed by atoms with van der Waals surface area (Å²) in [6, 6.07) is 5.65. The fraction of sp³-hybridized carbons (Fsp3) is 0.474. The van der Waals surface area contributed by atoms with Gasteiger partial charge >= 0.3 is 0 Å². The summed E-state index contributed by atoms with van der Waals surface area (Å²) in [4.78, 5) is 20.1. The first-order valence-electron chi connectivity index (χ1n) is 8.82. The highest BCUT2D eigenvalue weighted by atomic mass is 32.1. The minimum absolute atomic E-state index is 0.0501. The van der Waals surface area contributed by atoms with E-state index in [0.717, 1.165) is 35.9 Å². The van der Waals surface area contributed by atoms with E-state index in [0.29, 0.717) is 22.9 Å². The molecule has 0 spiro atoms. The second-order valence-corrected chi connectivity index (χ2v) is 7.31. The molecule has 1 saturated heterocycles. The lowest BCUT2D eigenvalue weighted by atomic mass is 10.2. The molecular formula is C19H25N3O3S. The van der Waals surface area contributed by atoms with Crippen molar-refractivity contribution in [1.29, 1.82) is 0 Å². The molecule has 26 heavy (non-hydrogen) atoms. The minimum Gasteiger partial charge on any atom is -0.493 e. The van der Waals surface area contributed by atoms with Crippen LogP contribution in [0.25, 0.3) is 10.6 Å². The third-order valence-electron chi connectivity index (χ3n) is 4.55. The standard InChI is InChI=1S/C19H25N3O3S/c1-13-17(18(23)20-8-11-22-9-4-5-10-22)26-19(21-13)14-6-7-15(24-2)16(12-14)25-3/h6-7,12H,4-5,8-11H2,1-3H3,(H,20,23). The van der Waals surface area contributed by atoms with Crippen LogP contribution >= 0.6 is 11.3 Å². The molecule has 1 aromatic carbocycles. The van der Waals surface area contributed by atoms with E-state index in [4.69, 9.17) is 9.47 Å². The number of aryl methyl sites for hydroxylation is 1. The number of nitrogens with zero attached hydrogens (tertiary/aromatic N) is 2. The van der Waals surface area contributed by atoms with Gasteiger partial charge in [-0.2, -0.15) is 0 Å². The van der Waals surface area contributed by atoms with E-state index in [2.05, 4.69) is 15.2 Å². The topological polar surface area (TPSA) is 63.7 Å². The molecule has 140 valence electrons. The average molecular weight is 375 g/mol. The van der Waals surface area contributed by atoms with Crippen molar-refractivity contribution in [2.45, 2.75) is 19.8 Å². The highest BCUT2D eigenvalue weighted by Gasteiger charge is 2.18. The summed E-state index contributed by atoms with van der Waals surface area (Å²) in [7, 11) is 3.21. The van der Waals surface area contributed by atoms with Crippen molar-refractivity contribution >= 4 is 17.2 Å². The molecule has 1 aromatic heterocycles. The molecule has 0 aliphatic carbocycles. The fourth-order valence-electron chi connectivity index (χ4n) is 3.11. The quantitative estimate of drug-likeness (QED) is 0.806. The number of methoxy groups -OCH3 is 2. The highest BCUT2D eigenvalue weighted by molar-refractivity contribution is 7.17. The third-order valence-corrected chi connectivity index (χ3v) is 5.75. The first-order valence-corrected chi connectivity index (χ1v) is 9.64. The fourth-order valence-corrected chi connectivity index (χ4v) is 4.09. The smallest absolute Gasteiger partial charge is 0.263 e. The summed E-state index contributed by atoms with van der Waals surface area (Å²) in [5, 5.41) is 3.82. The van der Waals surface area contributed by atoms with Crippen LogP contribution in [0.3, 0.4) is 0 Å². The molecule has 1 aliphatic rings. The monoisotopic (exact) mass is 375 g/mol. The van der Waals surface area contributed by atoms with Crippen LogP contribution in [0.2, 0.25) is 0 Å². The number of hydrogen-bond acceptors (Lipinski definition) is 6. The van der Waals surface area contributed by atoms with Crippen LogP contribution in [0.5, 0.6) is 11.5 Å². The van der Waals surface area contributed by atoms with Gasteiger partial charge in [-0.15, -0.1) is 11.3 Å². The molecule has 0 unspecified atom stereocenters. The van der Waals surface area contributed by atoms with Crippen molar-refractivity contribution in [1.82, 2.24) is 15.2 Å². The number of hydrogen-bond donors (Lipinski definition) is 1. The maximum Gasteiger partial charge on any atom is 0.263 e. The number of ether oxygens (including phenoxy) is 2. The first-order chi connectivity index (χ1) is 12.6. The van der Waals surface area contributed by atoms with Crippen LogP contribution in [0, 0.1) is 6.92 Å². The van der Waals surface area contributed by atoms with E-state index in [1.165, 1.54) is 24.2 Å². The number of thiazole rings is 1. The summed E-state index contributed by atoms with van der Waals surface area (Å²) in [5.41, 5.74) is 1.66. The largest absolute Gasteiger partial charge is 0.493 e. The van der Waals surface area contributed by atoms with Gasteiger partial charge in [-0.05, 0) is 51.1 Å². The summed E-state index contributed by atoms with van der Waals surface area (Å²) in [5.74, 6) is 1.27. The molecule has 1 fully saturated rings. The molecule has 2 heterocycles. The number of benzene rings is 1. The van der Waals surface area contributed by atoms with Gasteiger partial charge < -0.3 is 19.7 Å². The molecule has 0 bridgehead atoms. The number of carbonyl (C=O) groups is 1. The molecular weight excluding hydrogens is 350 g/mol. The zero-order valence-corrected chi connectivity index (χ0v) is 16.3. The Kier molecular flexibility index (Phi) is 6.11. The van der Waals surface area contributed by atoms with Crippen LogP contribution in [0.1, 0.15) is 28.2 Å². The van der Waals surface area contributed by atoms with Gasteiger partial charge in [-0.3, -0.25) is 4.79 Å². The van der Waals surface area contributed by atoms with Crippen molar-refractivity contribution in [3.63, 3.8) is 0 Å². The number of likely N-dealkylation sites (tertiary alicyclic amines) is 1. The average Bonchev–Trinajstić information content (AvgIpc) is 3.30. The zero-order chi connectivity index (χ0) is 18.5. The lowest BCUT2D eigenvalue weighted by molar-refractivity contribution is 0.0953. The molecule has 0 radical (unpaired) electrons. The van der Waals surface area contributed by atoms with E-state index in [1.807, 2.05) is 25.1 Å². The maximum atomic E-state index is 12.5.